The van der Waals surface area contributed by atoms with Crippen LogP contribution in [0.15, 0.2) is 103 Å². The maximum absolute atomic E-state index is 11.6. The minimum atomic E-state index is -4.56. The van der Waals surface area contributed by atoms with Crippen LogP contribution in [0.5, 0.6) is 11.5 Å². The molecule has 0 saturated carbocycles. The third kappa shape index (κ3) is 11.1. The standard InChI is InChI=1S/C29H25ClN6O8S.2Na/c1-3-44-26-15-23(36-35-20-8-10-22(30)27(14-20)45(41,42)43)16(2)12-24(26)32-29(40)31-17-4-6-18(7-5-17)33-34-19-9-11-25(37)21(13-19)28(38)39;;/h4-15,37H,3H2,1-2H3,(H,38,39)(H2,31,32,40)(H,41,42,43);;/q;2*+1/p-2. The molecule has 47 heavy (non-hydrogen) atoms. The molecule has 18 heteroatoms. The number of hydrogen-bond acceptors (Lipinski definition) is 11. The van der Waals surface area contributed by atoms with Gasteiger partial charge in [0.15, 0.2) is 0 Å². The van der Waals surface area contributed by atoms with Gasteiger partial charge < -0.3 is 30.2 Å². The van der Waals surface area contributed by atoms with E-state index in [0.717, 1.165) is 18.2 Å². The number of nitrogens with zero attached hydrogens (tertiary/aromatic N) is 5. The van der Waals surface area contributed by atoms with Gasteiger partial charge in [-0.05, 0) is 85.6 Å². The SMILES string of the molecule is CCOc1cc(N=Nc2ccc(Cl)c(S(=O)(=O)O)c2)c(C)cc1N=C(O)Nc1ccc(N=Nc2ccc([O-])c(C(=O)[O-])c2)cc1.[Na+].[Na+]. The van der Waals surface area contributed by atoms with E-state index < -0.39 is 38.3 Å². The number of aliphatic hydroxyl groups excluding tert-OH is 1. The van der Waals surface area contributed by atoms with Crippen molar-refractivity contribution in [2.45, 2.75) is 18.7 Å². The Morgan fingerprint density at radius 1 is 0.894 bits per heavy atom. The fourth-order valence-corrected chi connectivity index (χ4v) is 4.72. The topological polar surface area (TPSA) is 221 Å². The quantitative estimate of drug-likeness (QED) is 0.0678. The largest absolute Gasteiger partial charge is 1.00 e. The average molecular weight is 697 g/mol. The zero-order valence-electron chi connectivity index (χ0n) is 25.5. The van der Waals surface area contributed by atoms with Crippen molar-refractivity contribution in [1.29, 1.82) is 0 Å². The van der Waals surface area contributed by atoms with Gasteiger partial charge >= 0.3 is 59.1 Å². The molecule has 0 aromatic heterocycles. The van der Waals surface area contributed by atoms with Crippen molar-refractivity contribution < 1.29 is 96.9 Å². The number of aliphatic imine (C=N–C) groups is 1. The van der Waals surface area contributed by atoms with Gasteiger partial charge in [0, 0.05) is 11.8 Å². The monoisotopic (exact) mass is 696 g/mol. The fourth-order valence-electron chi connectivity index (χ4n) is 3.73. The molecular weight excluding hydrogens is 674 g/mol. The number of anilines is 1. The molecule has 0 fully saturated rings. The Kier molecular flexibility index (Phi) is 15.0. The predicted octanol–water partition coefficient (Wildman–Crippen LogP) is 0.227. The normalized spacial score (nSPS) is 11.6. The first-order valence-corrected chi connectivity index (χ1v) is 14.7. The molecular formula is C29H23ClN6Na2O8S. The number of aromatic carboxylic acids is 1. The van der Waals surface area contributed by atoms with Crippen LogP contribution in [0.2, 0.25) is 5.02 Å². The number of hydrogen-bond donors (Lipinski definition) is 3. The maximum Gasteiger partial charge on any atom is 1.00 e. The van der Waals surface area contributed by atoms with E-state index in [1.807, 2.05) is 0 Å². The van der Waals surface area contributed by atoms with Gasteiger partial charge in [0.25, 0.3) is 16.1 Å². The Hall–Kier alpha value is -3.38. The molecule has 0 heterocycles. The second-order valence-corrected chi connectivity index (χ2v) is 10.9. The number of amidine groups is 1. The number of carbonyl (C=O) groups excluding carboxylic acids is 1. The summed E-state index contributed by atoms with van der Waals surface area (Å²) in [4.78, 5) is 14.7. The van der Waals surface area contributed by atoms with Crippen molar-refractivity contribution in [2.24, 2.45) is 25.4 Å². The molecule has 0 aliphatic heterocycles. The minimum Gasteiger partial charge on any atom is -0.872 e. The van der Waals surface area contributed by atoms with Crippen molar-refractivity contribution in [2.75, 3.05) is 11.9 Å². The van der Waals surface area contributed by atoms with Crippen LogP contribution >= 0.6 is 11.6 Å². The van der Waals surface area contributed by atoms with Crippen molar-refractivity contribution in [3.8, 4) is 11.5 Å². The van der Waals surface area contributed by atoms with Gasteiger partial charge in [0.2, 0.25) is 0 Å². The van der Waals surface area contributed by atoms with Gasteiger partial charge in [-0.25, -0.2) is 0 Å². The van der Waals surface area contributed by atoms with E-state index >= 15 is 0 Å². The number of aryl methyl sites for hydroxylation is 1. The van der Waals surface area contributed by atoms with Crippen LogP contribution in [-0.4, -0.2) is 36.7 Å². The van der Waals surface area contributed by atoms with E-state index in [9.17, 15) is 33.1 Å². The van der Waals surface area contributed by atoms with Crippen LogP contribution in [0.3, 0.4) is 0 Å². The Balaban J connectivity index is 0.00000384. The van der Waals surface area contributed by atoms with Gasteiger partial charge in [0.1, 0.15) is 16.3 Å². The van der Waals surface area contributed by atoms with Gasteiger partial charge in [-0.3, -0.25) is 4.55 Å². The van der Waals surface area contributed by atoms with Crippen LogP contribution in [0, 0.1) is 6.92 Å². The van der Waals surface area contributed by atoms with Gasteiger partial charge in [0.05, 0.1) is 40.3 Å². The zero-order chi connectivity index (χ0) is 32.7. The van der Waals surface area contributed by atoms with Crippen LogP contribution < -0.4 is 79.4 Å². The Bertz CT molecular complexity index is 1960. The van der Waals surface area contributed by atoms with E-state index in [2.05, 4.69) is 30.8 Å². The summed E-state index contributed by atoms with van der Waals surface area (Å²) < 4.78 is 38.1. The van der Waals surface area contributed by atoms with Crippen molar-refractivity contribution in [1.82, 2.24) is 0 Å². The number of nitrogens with one attached hydrogen (secondary N) is 1. The first-order chi connectivity index (χ1) is 21.3. The number of rotatable bonds is 10. The number of carbonyl (C=O) groups is 1. The Morgan fingerprint density at radius 3 is 2.13 bits per heavy atom. The van der Waals surface area contributed by atoms with Crippen LogP contribution in [0.4, 0.5) is 34.1 Å². The van der Waals surface area contributed by atoms with Crippen LogP contribution in [0.1, 0.15) is 22.8 Å². The zero-order valence-corrected chi connectivity index (χ0v) is 31.1. The third-order valence-corrected chi connectivity index (χ3v) is 7.19. The number of halogens is 1. The molecule has 0 unspecified atom stereocenters. The first-order valence-electron chi connectivity index (χ1n) is 12.9. The summed E-state index contributed by atoms with van der Waals surface area (Å²) in [6.07, 6.45) is 0. The van der Waals surface area contributed by atoms with Crippen molar-refractivity contribution in [3.63, 3.8) is 0 Å². The Labute approximate surface area is 318 Å². The molecule has 14 nitrogen and oxygen atoms in total. The summed E-state index contributed by atoms with van der Waals surface area (Å²) in [6.45, 7) is 3.76. The summed E-state index contributed by atoms with van der Waals surface area (Å²) in [6, 6.07) is 16.3. The molecule has 4 aromatic carbocycles. The summed E-state index contributed by atoms with van der Waals surface area (Å²) in [5, 5.41) is 51.8. The minimum absolute atomic E-state index is 0. The summed E-state index contributed by atoms with van der Waals surface area (Å²) in [7, 11) is -4.56. The van der Waals surface area contributed by atoms with Crippen LogP contribution in [-0.2, 0) is 10.1 Å². The first kappa shape index (κ1) is 39.8. The molecule has 0 spiro atoms. The smallest absolute Gasteiger partial charge is 0.872 e. The Morgan fingerprint density at radius 2 is 1.49 bits per heavy atom. The molecule has 0 bridgehead atoms. The van der Waals surface area contributed by atoms with E-state index in [1.165, 1.54) is 18.2 Å². The third-order valence-electron chi connectivity index (χ3n) is 5.86. The van der Waals surface area contributed by atoms with Crippen molar-refractivity contribution in [3.05, 3.63) is 88.9 Å². The summed E-state index contributed by atoms with van der Waals surface area (Å²) in [5.74, 6) is -2.01. The molecule has 4 rings (SSSR count). The average Bonchev–Trinajstić information content (AvgIpc) is 2.98. The molecule has 0 aliphatic rings. The van der Waals surface area contributed by atoms with E-state index in [0.29, 0.717) is 22.6 Å². The molecule has 0 saturated heterocycles. The fraction of sp³-hybridized carbons (Fsp3) is 0.103. The number of carboxylic acids is 1. The number of aliphatic hydroxyl groups is 1. The molecule has 0 amide bonds. The maximum atomic E-state index is 11.6. The van der Waals surface area contributed by atoms with Gasteiger partial charge in [-0.2, -0.15) is 33.9 Å². The molecule has 232 valence electrons. The summed E-state index contributed by atoms with van der Waals surface area (Å²) in [5.41, 5.74) is 1.89. The number of ether oxygens (including phenoxy) is 1. The molecule has 0 radical (unpaired) electrons. The molecule has 4 aromatic rings. The molecule has 3 N–H and O–H groups in total. The number of benzene rings is 4. The molecule has 0 atom stereocenters. The molecule has 0 aliphatic carbocycles. The van der Waals surface area contributed by atoms with Crippen LogP contribution in [0.25, 0.3) is 0 Å². The summed E-state index contributed by atoms with van der Waals surface area (Å²) >= 11 is 5.85. The van der Waals surface area contributed by atoms with E-state index in [1.54, 1.807) is 50.2 Å². The predicted molar refractivity (Wildman–Crippen MR) is 162 cm³/mol. The number of carboxylic acid groups (broad SMARTS) is 1. The van der Waals surface area contributed by atoms with Gasteiger partial charge in [-0.1, -0.05) is 23.4 Å². The van der Waals surface area contributed by atoms with E-state index in [4.69, 9.17) is 16.3 Å². The number of azo groups is 2. The van der Waals surface area contributed by atoms with E-state index in [-0.39, 0.29) is 93.6 Å². The second-order valence-electron chi connectivity index (χ2n) is 9.10. The van der Waals surface area contributed by atoms with Gasteiger partial charge in [-0.15, -0.1) is 0 Å². The second kappa shape index (κ2) is 17.7. The van der Waals surface area contributed by atoms with Crippen molar-refractivity contribution >= 4 is 67.8 Å².